The summed E-state index contributed by atoms with van der Waals surface area (Å²) in [7, 11) is 3.20. The summed E-state index contributed by atoms with van der Waals surface area (Å²) in [4.78, 5) is 37.7. The number of hydrogen-bond donors (Lipinski definition) is 1. The smallest absolute Gasteiger partial charge is 0.321 e. The van der Waals surface area contributed by atoms with E-state index in [0.717, 1.165) is 12.1 Å². The maximum absolute atomic E-state index is 11.3. The van der Waals surface area contributed by atoms with Gasteiger partial charge in [-0.1, -0.05) is 0 Å². The number of imidazole rings is 1. The summed E-state index contributed by atoms with van der Waals surface area (Å²) >= 11 is 0. The van der Waals surface area contributed by atoms with Crippen LogP contribution >= 0.6 is 0 Å². The van der Waals surface area contributed by atoms with Crippen LogP contribution in [0.5, 0.6) is 0 Å². The number of carboxylic acid groups (broad SMARTS) is 1. The minimum absolute atomic E-state index is 0.0454. The number of likely N-dealkylation sites (N-methyl/N-ethyl adjacent to an activating group) is 1. The lowest BCUT2D eigenvalue weighted by Gasteiger charge is -2.18. The normalized spacial score (nSPS) is 12.1. The van der Waals surface area contributed by atoms with Gasteiger partial charge >= 0.3 is 5.97 Å². The maximum Gasteiger partial charge on any atom is 0.321 e. The number of rotatable bonds is 7. The number of aliphatic carboxylic acids is 1. The maximum atomic E-state index is 11.3. The number of carboxylic acids is 1. The first-order chi connectivity index (χ1) is 11.7. The van der Waals surface area contributed by atoms with E-state index in [-0.39, 0.29) is 12.1 Å². The number of nitro groups is 2. The van der Waals surface area contributed by atoms with E-state index in [1.807, 2.05) is 0 Å². The van der Waals surface area contributed by atoms with Crippen LogP contribution in [0.1, 0.15) is 5.69 Å². The third-order valence-corrected chi connectivity index (χ3v) is 3.59. The van der Waals surface area contributed by atoms with Gasteiger partial charge in [-0.05, 0) is 20.2 Å². The van der Waals surface area contributed by atoms with Gasteiger partial charge in [-0.2, -0.15) is 0 Å². The van der Waals surface area contributed by atoms with Crippen molar-refractivity contribution in [2.24, 2.45) is 0 Å². The molecule has 0 unspecified atom stereocenters. The SMILES string of the molecule is CN(C)[C@@H](Cc1cn(-c2c([N+](=O)[O-])cccc2[N+](=O)[O-])cn1)C(=O)O. The average Bonchev–Trinajstić information content (AvgIpc) is 2.99. The van der Waals surface area contributed by atoms with E-state index in [1.54, 1.807) is 14.1 Å². The number of nitro benzene ring substituents is 2. The third kappa shape index (κ3) is 3.77. The Morgan fingerprint density at radius 2 is 1.84 bits per heavy atom. The molecule has 0 fully saturated rings. The van der Waals surface area contributed by atoms with Crippen LogP contribution in [-0.4, -0.2) is 55.5 Å². The first-order valence-corrected chi connectivity index (χ1v) is 7.06. The Hall–Kier alpha value is -3.34. The number of aromatic nitrogens is 2. The van der Waals surface area contributed by atoms with E-state index in [0.29, 0.717) is 5.69 Å². The monoisotopic (exact) mass is 349 g/mol. The van der Waals surface area contributed by atoms with E-state index in [4.69, 9.17) is 0 Å². The number of nitrogens with zero attached hydrogens (tertiary/aromatic N) is 5. The Morgan fingerprint density at radius 3 is 2.28 bits per heavy atom. The molecular formula is C14H15N5O6. The molecule has 1 heterocycles. The van der Waals surface area contributed by atoms with Crippen molar-refractivity contribution in [3.05, 3.63) is 56.6 Å². The van der Waals surface area contributed by atoms with E-state index < -0.39 is 33.2 Å². The predicted octanol–water partition coefficient (Wildman–Crippen LogP) is 1.25. The van der Waals surface area contributed by atoms with Crippen LogP contribution in [0.15, 0.2) is 30.7 Å². The zero-order valence-electron chi connectivity index (χ0n) is 13.4. The molecule has 11 heteroatoms. The van der Waals surface area contributed by atoms with Crippen LogP contribution in [0.4, 0.5) is 11.4 Å². The molecule has 1 aromatic carbocycles. The van der Waals surface area contributed by atoms with Crippen molar-refractivity contribution < 1.29 is 19.7 Å². The zero-order chi connectivity index (χ0) is 18.7. The van der Waals surface area contributed by atoms with Gasteiger partial charge in [0.2, 0.25) is 5.69 Å². The molecule has 0 saturated heterocycles. The van der Waals surface area contributed by atoms with E-state index in [9.17, 15) is 30.1 Å². The number of carbonyl (C=O) groups is 1. The zero-order valence-corrected chi connectivity index (χ0v) is 13.4. The van der Waals surface area contributed by atoms with Crippen LogP contribution in [0.3, 0.4) is 0 Å². The van der Waals surface area contributed by atoms with Gasteiger partial charge in [-0.15, -0.1) is 0 Å². The minimum atomic E-state index is -1.05. The van der Waals surface area contributed by atoms with Crippen molar-refractivity contribution in [3.63, 3.8) is 0 Å². The largest absolute Gasteiger partial charge is 0.480 e. The van der Waals surface area contributed by atoms with Crippen LogP contribution < -0.4 is 0 Å². The highest BCUT2D eigenvalue weighted by Crippen LogP contribution is 2.32. The first-order valence-electron chi connectivity index (χ1n) is 7.06. The Balaban J connectivity index is 2.48. The molecule has 0 radical (unpaired) electrons. The summed E-state index contributed by atoms with van der Waals surface area (Å²) in [5.74, 6) is -1.05. The van der Waals surface area contributed by atoms with Gasteiger partial charge in [-0.25, -0.2) is 4.98 Å². The van der Waals surface area contributed by atoms with Crippen molar-refractivity contribution in [2.45, 2.75) is 12.5 Å². The second-order valence-electron chi connectivity index (χ2n) is 5.45. The molecule has 0 amide bonds. The molecule has 2 aromatic rings. The van der Waals surface area contributed by atoms with Crippen molar-refractivity contribution in [2.75, 3.05) is 14.1 Å². The molecule has 0 aliphatic heterocycles. The van der Waals surface area contributed by atoms with E-state index in [1.165, 1.54) is 28.1 Å². The van der Waals surface area contributed by atoms with Gasteiger partial charge < -0.3 is 5.11 Å². The molecule has 2 rings (SSSR count). The summed E-state index contributed by atoms with van der Waals surface area (Å²) in [5, 5.41) is 31.6. The van der Waals surface area contributed by atoms with E-state index in [2.05, 4.69) is 4.98 Å². The molecule has 11 nitrogen and oxygen atoms in total. The Bertz CT molecular complexity index is 799. The molecule has 25 heavy (non-hydrogen) atoms. The Kier molecular flexibility index (Phi) is 5.08. The van der Waals surface area contributed by atoms with Crippen molar-refractivity contribution in [1.82, 2.24) is 14.5 Å². The number of hydrogen-bond acceptors (Lipinski definition) is 7. The van der Waals surface area contributed by atoms with Crippen molar-refractivity contribution >= 4 is 17.3 Å². The Morgan fingerprint density at radius 1 is 1.28 bits per heavy atom. The second kappa shape index (κ2) is 7.05. The lowest BCUT2D eigenvalue weighted by atomic mass is 10.1. The molecule has 1 N–H and O–H groups in total. The third-order valence-electron chi connectivity index (χ3n) is 3.59. The Labute approximate surface area is 141 Å². The first kappa shape index (κ1) is 18.0. The summed E-state index contributed by atoms with van der Waals surface area (Å²) in [5.41, 5.74) is -0.775. The average molecular weight is 349 g/mol. The number of para-hydroxylation sites is 1. The fourth-order valence-electron chi connectivity index (χ4n) is 2.36. The standard InChI is InChI=1S/C14H15N5O6/c1-16(2)12(14(20)21)6-9-7-17(8-15-9)13-10(18(22)23)4-3-5-11(13)19(24)25/h3-5,7-8,12H,6H2,1-2H3,(H,20,21)/t12-/m0/s1. The lowest BCUT2D eigenvalue weighted by molar-refractivity contribution is -0.393. The predicted molar refractivity (Wildman–Crippen MR) is 85.7 cm³/mol. The molecule has 132 valence electrons. The van der Waals surface area contributed by atoms with Gasteiger partial charge in [0, 0.05) is 24.8 Å². The fraction of sp³-hybridized carbons (Fsp3) is 0.286. The topological polar surface area (TPSA) is 145 Å². The molecule has 0 aliphatic carbocycles. The highest BCUT2D eigenvalue weighted by atomic mass is 16.6. The quantitative estimate of drug-likeness (QED) is 0.580. The van der Waals surface area contributed by atoms with Crippen LogP contribution in [-0.2, 0) is 11.2 Å². The summed E-state index contributed by atoms with van der Waals surface area (Å²) < 4.78 is 1.17. The molecule has 0 aliphatic rings. The number of benzene rings is 1. The summed E-state index contributed by atoms with van der Waals surface area (Å²) in [6.07, 6.45) is 2.60. The van der Waals surface area contributed by atoms with Crippen LogP contribution in [0.2, 0.25) is 0 Å². The highest BCUT2D eigenvalue weighted by Gasteiger charge is 2.27. The summed E-state index contributed by atoms with van der Waals surface area (Å²) in [6.45, 7) is 0. The molecule has 1 atom stereocenters. The highest BCUT2D eigenvalue weighted by molar-refractivity contribution is 5.73. The van der Waals surface area contributed by atoms with Crippen LogP contribution in [0, 0.1) is 20.2 Å². The summed E-state index contributed by atoms with van der Waals surface area (Å²) in [6, 6.07) is 2.69. The van der Waals surface area contributed by atoms with Crippen LogP contribution in [0.25, 0.3) is 5.69 Å². The van der Waals surface area contributed by atoms with Crippen molar-refractivity contribution in [3.8, 4) is 5.69 Å². The molecule has 0 saturated carbocycles. The van der Waals surface area contributed by atoms with Gasteiger partial charge in [0.1, 0.15) is 6.04 Å². The van der Waals surface area contributed by atoms with Gasteiger partial charge in [0.05, 0.1) is 21.9 Å². The lowest BCUT2D eigenvalue weighted by Crippen LogP contribution is -2.37. The molecule has 0 bridgehead atoms. The van der Waals surface area contributed by atoms with Gasteiger partial charge in [-0.3, -0.25) is 34.5 Å². The molecular weight excluding hydrogens is 334 g/mol. The van der Waals surface area contributed by atoms with Gasteiger partial charge in [0.25, 0.3) is 11.4 Å². The fourth-order valence-corrected chi connectivity index (χ4v) is 2.36. The second-order valence-corrected chi connectivity index (χ2v) is 5.45. The molecule has 1 aromatic heterocycles. The van der Waals surface area contributed by atoms with E-state index >= 15 is 0 Å². The van der Waals surface area contributed by atoms with Gasteiger partial charge in [0.15, 0.2) is 0 Å². The molecule has 0 spiro atoms. The van der Waals surface area contributed by atoms with Crippen molar-refractivity contribution in [1.29, 1.82) is 0 Å². The minimum Gasteiger partial charge on any atom is -0.480 e.